The molecule has 0 spiro atoms. The van der Waals surface area contributed by atoms with E-state index in [1.165, 1.54) is 119 Å². The van der Waals surface area contributed by atoms with E-state index in [9.17, 15) is 0 Å². The molecule has 1 aliphatic rings. The Kier molecular flexibility index (Phi) is 6.66. The van der Waals surface area contributed by atoms with Gasteiger partial charge in [0.1, 0.15) is 0 Å². The van der Waals surface area contributed by atoms with Gasteiger partial charge in [-0.25, -0.2) is 0 Å². The zero-order valence-electron chi connectivity index (χ0n) is 31.2. The topological polar surface area (TPSA) is 0 Å². The van der Waals surface area contributed by atoms with Crippen LogP contribution in [0.5, 0.6) is 0 Å². The molecule has 0 amide bonds. The van der Waals surface area contributed by atoms with Gasteiger partial charge in [-0.2, -0.15) is 0 Å². The molecule has 0 atom stereocenters. The van der Waals surface area contributed by atoms with E-state index in [2.05, 4.69) is 196 Å². The number of thiophene rings is 1. The van der Waals surface area contributed by atoms with Crippen LogP contribution in [0.15, 0.2) is 182 Å². The van der Waals surface area contributed by atoms with Crippen molar-refractivity contribution in [2.75, 3.05) is 0 Å². The zero-order chi connectivity index (χ0) is 37.1. The summed E-state index contributed by atoms with van der Waals surface area (Å²) < 4.78 is 2.75. The number of rotatable bonds is 3. The van der Waals surface area contributed by atoms with E-state index in [1.807, 2.05) is 11.3 Å². The summed E-state index contributed by atoms with van der Waals surface area (Å²) in [7, 11) is 0. The third-order valence-corrected chi connectivity index (χ3v) is 13.8. The van der Waals surface area contributed by atoms with Gasteiger partial charge in [-0.3, -0.25) is 0 Å². The van der Waals surface area contributed by atoms with Gasteiger partial charge in [-0.1, -0.05) is 172 Å². The van der Waals surface area contributed by atoms with Gasteiger partial charge in [0, 0.05) is 31.0 Å². The lowest BCUT2D eigenvalue weighted by Gasteiger charge is -2.23. The van der Waals surface area contributed by atoms with Gasteiger partial charge >= 0.3 is 0 Å². The third kappa shape index (κ3) is 4.47. The van der Waals surface area contributed by atoms with Crippen LogP contribution in [0, 0.1) is 0 Å². The molecule has 11 aromatic rings. The van der Waals surface area contributed by atoms with E-state index in [0.29, 0.717) is 0 Å². The highest BCUT2D eigenvalue weighted by atomic mass is 32.1. The third-order valence-electron chi connectivity index (χ3n) is 12.6. The summed E-state index contributed by atoms with van der Waals surface area (Å²) in [6, 6.07) is 68.2. The Bertz CT molecular complexity index is 3380. The van der Waals surface area contributed by atoms with Crippen molar-refractivity contribution in [3.05, 3.63) is 193 Å². The average molecular weight is 729 g/mol. The standard InChI is InChI=1S/C55H36S/c1-55(2)47-29-26-34-24-27-45-40-14-10-11-19-49(40)56-54(45)52(34)53(47)46-28-25-39(32-48(46)55)51-43-17-8-6-15-41(43)50(42-16-7-9-18-44(42)51)38-23-22-36-30-35(20-21-37(36)31-38)33-12-4-3-5-13-33/h3-32H,1-2H3. The van der Waals surface area contributed by atoms with Crippen LogP contribution in [0.1, 0.15) is 25.0 Å². The molecule has 0 unspecified atom stereocenters. The molecule has 0 saturated carbocycles. The summed E-state index contributed by atoms with van der Waals surface area (Å²) in [5, 5.41) is 13.0. The van der Waals surface area contributed by atoms with Crippen LogP contribution in [0.2, 0.25) is 0 Å². The fourth-order valence-corrected chi connectivity index (χ4v) is 11.2. The van der Waals surface area contributed by atoms with Gasteiger partial charge in [0.15, 0.2) is 0 Å². The first-order valence-electron chi connectivity index (χ1n) is 19.6. The smallest absolute Gasteiger partial charge is 0.0440 e. The summed E-state index contributed by atoms with van der Waals surface area (Å²) in [6.07, 6.45) is 0. The van der Waals surface area contributed by atoms with Gasteiger partial charge in [-0.15, -0.1) is 11.3 Å². The maximum absolute atomic E-state index is 2.51. The quantitative estimate of drug-likeness (QED) is 0.159. The molecular weight excluding hydrogens is 693 g/mol. The van der Waals surface area contributed by atoms with E-state index in [1.54, 1.807) is 0 Å². The molecular formula is C55H36S. The molecule has 12 rings (SSSR count). The van der Waals surface area contributed by atoms with Crippen LogP contribution in [-0.2, 0) is 5.41 Å². The molecule has 0 fully saturated rings. The fourth-order valence-electron chi connectivity index (χ4n) is 9.93. The van der Waals surface area contributed by atoms with Crippen LogP contribution in [-0.4, -0.2) is 0 Å². The summed E-state index contributed by atoms with van der Waals surface area (Å²) in [6.45, 7) is 4.83. The molecule has 10 aromatic carbocycles. The highest BCUT2D eigenvalue weighted by Gasteiger charge is 2.37. The Balaban J connectivity index is 1.06. The molecule has 0 radical (unpaired) electrons. The van der Waals surface area contributed by atoms with Crippen molar-refractivity contribution in [2.24, 2.45) is 0 Å². The molecule has 56 heavy (non-hydrogen) atoms. The molecule has 1 aliphatic carbocycles. The Labute approximate surface area is 329 Å². The number of hydrogen-bond donors (Lipinski definition) is 0. The molecule has 0 aliphatic heterocycles. The largest absolute Gasteiger partial charge is 0.135 e. The first kappa shape index (κ1) is 31.8. The Morgan fingerprint density at radius 1 is 0.357 bits per heavy atom. The van der Waals surface area contributed by atoms with Gasteiger partial charge in [0.2, 0.25) is 0 Å². The van der Waals surface area contributed by atoms with Gasteiger partial charge in [0.05, 0.1) is 0 Å². The van der Waals surface area contributed by atoms with Crippen LogP contribution in [0.25, 0.3) is 108 Å². The van der Waals surface area contributed by atoms with Crippen molar-refractivity contribution in [2.45, 2.75) is 19.3 Å². The van der Waals surface area contributed by atoms with Crippen molar-refractivity contribution in [1.82, 2.24) is 0 Å². The lowest BCUT2D eigenvalue weighted by atomic mass is 9.80. The summed E-state index contributed by atoms with van der Waals surface area (Å²) in [5.74, 6) is 0. The lowest BCUT2D eigenvalue weighted by Crippen LogP contribution is -2.15. The second-order valence-corrected chi connectivity index (χ2v) is 17.0. The Morgan fingerprint density at radius 3 is 1.59 bits per heavy atom. The van der Waals surface area contributed by atoms with Crippen molar-refractivity contribution in [3.63, 3.8) is 0 Å². The molecule has 0 nitrogen and oxygen atoms in total. The van der Waals surface area contributed by atoms with Crippen LogP contribution >= 0.6 is 11.3 Å². The van der Waals surface area contributed by atoms with E-state index in [4.69, 9.17) is 0 Å². The predicted molar refractivity (Wildman–Crippen MR) is 243 cm³/mol. The van der Waals surface area contributed by atoms with Gasteiger partial charge in [-0.05, 0) is 118 Å². The van der Waals surface area contributed by atoms with Crippen molar-refractivity contribution in [3.8, 4) is 44.5 Å². The first-order valence-corrected chi connectivity index (χ1v) is 20.4. The molecule has 1 heteroatoms. The van der Waals surface area contributed by atoms with Crippen LogP contribution in [0.3, 0.4) is 0 Å². The minimum absolute atomic E-state index is 0.148. The number of benzene rings is 10. The minimum atomic E-state index is -0.148. The Hall–Kier alpha value is -6.54. The maximum atomic E-state index is 2.51. The van der Waals surface area contributed by atoms with Crippen molar-refractivity contribution in [1.29, 1.82) is 0 Å². The Morgan fingerprint density at radius 2 is 0.893 bits per heavy atom. The monoisotopic (exact) mass is 728 g/mol. The molecule has 0 bridgehead atoms. The second kappa shape index (κ2) is 11.7. The van der Waals surface area contributed by atoms with Crippen LogP contribution < -0.4 is 0 Å². The molecule has 1 aromatic heterocycles. The normalized spacial score (nSPS) is 13.3. The predicted octanol–water partition coefficient (Wildman–Crippen LogP) is 16.0. The van der Waals surface area contributed by atoms with Gasteiger partial charge < -0.3 is 0 Å². The number of fused-ring (bicyclic) bond motifs is 12. The lowest BCUT2D eigenvalue weighted by molar-refractivity contribution is 0.661. The van der Waals surface area contributed by atoms with Crippen molar-refractivity contribution < 1.29 is 0 Å². The summed E-state index contributed by atoms with van der Waals surface area (Å²) >= 11 is 1.93. The highest BCUT2D eigenvalue weighted by molar-refractivity contribution is 7.26. The van der Waals surface area contributed by atoms with Gasteiger partial charge in [0.25, 0.3) is 0 Å². The van der Waals surface area contributed by atoms with E-state index < -0.39 is 0 Å². The zero-order valence-corrected chi connectivity index (χ0v) is 32.0. The molecule has 262 valence electrons. The number of hydrogen-bond acceptors (Lipinski definition) is 1. The summed E-state index contributed by atoms with van der Waals surface area (Å²) in [4.78, 5) is 0. The van der Waals surface area contributed by atoms with E-state index in [0.717, 1.165) is 0 Å². The second-order valence-electron chi connectivity index (χ2n) is 16.0. The molecule has 0 N–H and O–H groups in total. The fraction of sp³-hybridized carbons (Fsp3) is 0.0545. The average Bonchev–Trinajstić information content (AvgIpc) is 3.74. The van der Waals surface area contributed by atoms with E-state index >= 15 is 0 Å². The van der Waals surface area contributed by atoms with Crippen LogP contribution in [0.4, 0.5) is 0 Å². The molecule has 1 heterocycles. The first-order chi connectivity index (χ1) is 27.5. The van der Waals surface area contributed by atoms with E-state index in [-0.39, 0.29) is 5.41 Å². The molecule has 0 saturated heterocycles. The highest BCUT2D eigenvalue weighted by Crippen LogP contribution is 2.55. The SMILES string of the molecule is CC1(C)c2cc(-c3c4ccccc4c(-c4ccc5cc(-c6ccccc6)ccc5c4)c4ccccc34)ccc2-c2c1ccc1ccc3c4ccccc4sc3c21. The summed E-state index contributed by atoms with van der Waals surface area (Å²) in [5.41, 5.74) is 13.0. The minimum Gasteiger partial charge on any atom is -0.135 e. The van der Waals surface area contributed by atoms with Crippen molar-refractivity contribution >= 4 is 74.6 Å². The maximum Gasteiger partial charge on any atom is 0.0440 e.